The minimum atomic E-state index is -1.75. The summed E-state index contributed by atoms with van der Waals surface area (Å²) in [6, 6.07) is 9.55. The maximum atomic E-state index is 13.8. The van der Waals surface area contributed by atoms with Crippen LogP contribution in [-0.2, 0) is 16.2 Å². The van der Waals surface area contributed by atoms with E-state index in [9.17, 15) is 35.0 Å². The fourth-order valence-electron chi connectivity index (χ4n) is 6.35. The van der Waals surface area contributed by atoms with Crippen LogP contribution in [0.3, 0.4) is 0 Å². The van der Waals surface area contributed by atoms with Crippen molar-refractivity contribution in [1.82, 2.24) is 0 Å². The minimum absolute atomic E-state index is 0.00913. The van der Waals surface area contributed by atoms with Gasteiger partial charge in [-0.25, -0.2) is 0 Å². The van der Waals surface area contributed by atoms with Crippen molar-refractivity contribution < 1.29 is 39.4 Å². The highest BCUT2D eigenvalue weighted by Crippen LogP contribution is 2.48. The lowest BCUT2D eigenvalue weighted by Crippen LogP contribution is -2.40. The van der Waals surface area contributed by atoms with Gasteiger partial charge in [0.05, 0.1) is 30.2 Å². The number of fused-ring (bicyclic) bond motifs is 1. The number of carbonyl (C=O) groups is 2. The summed E-state index contributed by atoms with van der Waals surface area (Å²) in [5.41, 5.74) is 3.02. The third-order valence-electron chi connectivity index (χ3n) is 8.29. The molecule has 0 saturated carbocycles. The number of hydrogen-bond donors (Lipinski definition) is 5. The van der Waals surface area contributed by atoms with Gasteiger partial charge in [0.15, 0.2) is 0 Å². The molecule has 0 unspecified atom stereocenters. The summed E-state index contributed by atoms with van der Waals surface area (Å²) in [5, 5.41) is 50.6. The molecular formula is C31H40BNO8. The van der Waals surface area contributed by atoms with E-state index in [-0.39, 0.29) is 36.2 Å². The van der Waals surface area contributed by atoms with Crippen LogP contribution >= 0.6 is 0 Å². The lowest BCUT2D eigenvalue weighted by molar-refractivity contribution is -0.123. The van der Waals surface area contributed by atoms with Crippen molar-refractivity contribution in [3.8, 4) is 0 Å². The minimum Gasteiger partial charge on any atom is -0.459 e. The van der Waals surface area contributed by atoms with E-state index in [4.69, 9.17) is 4.42 Å². The van der Waals surface area contributed by atoms with Crippen LogP contribution in [0.5, 0.6) is 0 Å². The number of aliphatic hydroxyl groups is 3. The molecule has 10 heteroatoms. The van der Waals surface area contributed by atoms with E-state index in [0.29, 0.717) is 36.4 Å². The summed E-state index contributed by atoms with van der Waals surface area (Å²) in [5.74, 6) is -1.96. The Labute approximate surface area is 241 Å². The molecule has 1 fully saturated rings. The molecule has 2 amide bonds. The lowest BCUT2D eigenvalue weighted by Gasteiger charge is -2.38. The van der Waals surface area contributed by atoms with Crippen LogP contribution in [0, 0.1) is 23.7 Å². The van der Waals surface area contributed by atoms with Gasteiger partial charge in [-0.05, 0) is 73.0 Å². The first-order valence-corrected chi connectivity index (χ1v) is 14.4. The van der Waals surface area contributed by atoms with Crippen molar-refractivity contribution in [2.75, 3.05) is 11.5 Å². The third kappa shape index (κ3) is 6.42. The zero-order chi connectivity index (χ0) is 29.8. The van der Waals surface area contributed by atoms with Gasteiger partial charge in [-0.1, -0.05) is 50.5 Å². The fourth-order valence-corrected chi connectivity index (χ4v) is 6.35. The number of allylic oxidation sites excluding steroid dienone is 2. The molecule has 1 aromatic carbocycles. The zero-order valence-corrected chi connectivity index (χ0v) is 23.9. The van der Waals surface area contributed by atoms with Crippen LogP contribution in [0.4, 0.5) is 5.69 Å². The van der Waals surface area contributed by atoms with Gasteiger partial charge in [-0.15, -0.1) is 0 Å². The van der Waals surface area contributed by atoms with Gasteiger partial charge in [-0.3, -0.25) is 14.5 Å². The second-order valence-corrected chi connectivity index (χ2v) is 11.3. The number of nitrogens with zero attached hydrogens (tertiary/aromatic N) is 1. The zero-order valence-electron chi connectivity index (χ0n) is 23.9. The van der Waals surface area contributed by atoms with Gasteiger partial charge in [-0.2, -0.15) is 0 Å². The van der Waals surface area contributed by atoms with Crippen LogP contribution in [0.15, 0.2) is 57.5 Å². The van der Waals surface area contributed by atoms with E-state index in [1.54, 1.807) is 24.3 Å². The molecule has 1 aliphatic heterocycles. The lowest BCUT2D eigenvalue weighted by atomic mass is 9.66. The first kappa shape index (κ1) is 30.9. The molecule has 2 heterocycles. The van der Waals surface area contributed by atoms with Gasteiger partial charge in [0.2, 0.25) is 11.8 Å². The normalized spacial score (nSPS) is 22.1. The number of amides is 2. The number of rotatable bonds is 12. The van der Waals surface area contributed by atoms with E-state index in [1.165, 1.54) is 12.1 Å². The van der Waals surface area contributed by atoms with Crippen molar-refractivity contribution in [2.45, 2.75) is 65.6 Å². The van der Waals surface area contributed by atoms with Gasteiger partial charge in [0.1, 0.15) is 18.1 Å². The molecule has 4 atom stereocenters. The second-order valence-electron chi connectivity index (χ2n) is 11.3. The molecule has 5 N–H and O–H groups in total. The topological polar surface area (TPSA) is 152 Å². The van der Waals surface area contributed by atoms with Gasteiger partial charge < -0.3 is 29.8 Å². The number of aliphatic hydroxyl groups excluding tert-OH is 3. The standard InChI is InChI=1S/C31H40BNO8/c1-4-6-19(13-22-10-11-23(16-34)41-22)9-12-27(36)28-24(18(2)3)15-25-29(26(28)17-35)31(38)33(30(25)37)21-8-5-7-20(14-21)32(39)40/h5,7-8,10-11,13-14,18,25-27,29,34-36,39-40H,4,6,9,12,15-17H2,1-3H3/b19-13+/t25-,26+,27-,29-/m1/s1. The molecule has 1 aromatic heterocycles. The van der Waals surface area contributed by atoms with Crippen LogP contribution < -0.4 is 10.4 Å². The molecule has 0 radical (unpaired) electrons. The smallest absolute Gasteiger partial charge is 0.459 e. The Kier molecular flexibility index (Phi) is 10.0. The highest BCUT2D eigenvalue weighted by Gasteiger charge is 2.55. The Morgan fingerprint density at radius 1 is 1.12 bits per heavy atom. The molecule has 220 valence electrons. The third-order valence-corrected chi connectivity index (χ3v) is 8.29. The Morgan fingerprint density at radius 3 is 2.49 bits per heavy atom. The van der Waals surface area contributed by atoms with Crippen LogP contribution in [-0.4, -0.2) is 57.0 Å². The average Bonchev–Trinajstić information content (AvgIpc) is 3.51. The molecule has 1 saturated heterocycles. The van der Waals surface area contributed by atoms with E-state index in [0.717, 1.165) is 28.9 Å². The monoisotopic (exact) mass is 565 g/mol. The maximum absolute atomic E-state index is 13.8. The van der Waals surface area contributed by atoms with E-state index in [1.807, 2.05) is 19.9 Å². The fraction of sp³-hybridized carbons (Fsp3) is 0.484. The molecule has 2 aromatic rings. The summed E-state index contributed by atoms with van der Waals surface area (Å²) in [6.45, 7) is 5.47. The average molecular weight is 565 g/mol. The second kappa shape index (κ2) is 13.3. The predicted molar refractivity (Wildman–Crippen MR) is 156 cm³/mol. The number of hydrogen-bond acceptors (Lipinski definition) is 8. The largest absolute Gasteiger partial charge is 0.488 e. The van der Waals surface area contributed by atoms with Crippen molar-refractivity contribution in [2.24, 2.45) is 23.7 Å². The Morgan fingerprint density at radius 2 is 1.88 bits per heavy atom. The molecular weight excluding hydrogens is 525 g/mol. The summed E-state index contributed by atoms with van der Waals surface area (Å²) in [7, 11) is -1.75. The summed E-state index contributed by atoms with van der Waals surface area (Å²) >= 11 is 0. The molecule has 0 bridgehead atoms. The molecule has 9 nitrogen and oxygen atoms in total. The van der Waals surface area contributed by atoms with Gasteiger partial charge >= 0.3 is 7.12 Å². The quantitative estimate of drug-likeness (QED) is 0.150. The van der Waals surface area contributed by atoms with E-state index in [2.05, 4.69) is 6.92 Å². The molecule has 2 aliphatic rings. The van der Waals surface area contributed by atoms with E-state index < -0.39 is 36.9 Å². The predicted octanol–water partition coefficient (Wildman–Crippen LogP) is 2.55. The van der Waals surface area contributed by atoms with Crippen molar-refractivity contribution >= 4 is 36.2 Å². The molecule has 4 rings (SSSR count). The highest BCUT2D eigenvalue weighted by molar-refractivity contribution is 6.58. The van der Waals surface area contributed by atoms with Crippen LogP contribution in [0.1, 0.15) is 64.4 Å². The first-order chi connectivity index (χ1) is 19.6. The van der Waals surface area contributed by atoms with Gasteiger partial charge in [0.25, 0.3) is 0 Å². The summed E-state index contributed by atoms with van der Waals surface area (Å²) in [6.07, 6.45) is 3.97. The number of anilines is 1. The number of carbonyl (C=O) groups excluding carboxylic acids is 2. The number of benzene rings is 1. The van der Waals surface area contributed by atoms with Crippen LogP contribution in [0.25, 0.3) is 6.08 Å². The van der Waals surface area contributed by atoms with Crippen molar-refractivity contribution in [3.05, 3.63) is 64.6 Å². The Balaban J connectivity index is 1.61. The molecule has 41 heavy (non-hydrogen) atoms. The number of furan rings is 1. The summed E-state index contributed by atoms with van der Waals surface area (Å²) in [4.78, 5) is 28.4. The highest BCUT2D eigenvalue weighted by atomic mass is 16.4. The molecule has 1 aliphatic carbocycles. The first-order valence-electron chi connectivity index (χ1n) is 14.4. The Hall–Kier alpha value is -3.02. The SMILES string of the molecule is CCC/C(=C\c1ccc(CO)o1)CC[C@@H](O)C1=C(C(C)C)C[C@H]2C(=O)N(c3cccc(B(O)O)c3)C(=O)[C@H]2[C@H]1CO. The summed E-state index contributed by atoms with van der Waals surface area (Å²) < 4.78 is 5.62. The van der Waals surface area contributed by atoms with E-state index >= 15 is 0 Å². The Bertz CT molecular complexity index is 1310. The van der Waals surface area contributed by atoms with Crippen molar-refractivity contribution in [3.63, 3.8) is 0 Å². The van der Waals surface area contributed by atoms with Gasteiger partial charge in [0, 0.05) is 5.92 Å². The van der Waals surface area contributed by atoms with Crippen LogP contribution in [0.2, 0.25) is 0 Å². The number of imide groups is 1. The van der Waals surface area contributed by atoms with Crippen molar-refractivity contribution in [1.29, 1.82) is 0 Å². The molecule has 0 spiro atoms. The maximum Gasteiger partial charge on any atom is 0.488 e.